The molecule has 1 atom stereocenters. The lowest BCUT2D eigenvalue weighted by Crippen LogP contribution is -2.46. The lowest BCUT2D eigenvalue weighted by molar-refractivity contribution is 0.0840. The Balaban J connectivity index is 1.38. The normalized spacial score (nSPS) is 20.0. The zero-order valence-corrected chi connectivity index (χ0v) is 18.7. The molecule has 1 saturated heterocycles. The van der Waals surface area contributed by atoms with E-state index in [4.69, 9.17) is 16.3 Å². The monoisotopic (exact) mass is 428 g/mol. The fourth-order valence-electron chi connectivity index (χ4n) is 5.11. The van der Waals surface area contributed by atoms with Gasteiger partial charge in [-0.05, 0) is 67.5 Å². The van der Waals surface area contributed by atoms with Crippen molar-refractivity contribution in [2.24, 2.45) is 5.92 Å². The van der Waals surface area contributed by atoms with Gasteiger partial charge in [0.15, 0.2) is 0 Å². The highest BCUT2D eigenvalue weighted by Crippen LogP contribution is 2.30. The Hall–Kier alpha value is -1.59. The fourth-order valence-corrected chi connectivity index (χ4v) is 5.31. The lowest BCUT2D eigenvalue weighted by atomic mass is 9.95. The van der Waals surface area contributed by atoms with Gasteiger partial charge in [0, 0.05) is 49.9 Å². The van der Waals surface area contributed by atoms with Crippen LogP contribution in [0.25, 0.3) is 0 Å². The highest BCUT2D eigenvalue weighted by atomic mass is 35.5. The van der Waals surface area contributed by atoms with E-state index in [-0.39, 0.29) is 0 Å². The van der Waals surface area contributed by atoms with Crippen LogP contribution in [0.4, 0.5) is 0 Å². The number of hydrogen-bond acceptors (Lipinski definition) is 4. The minimum Gasteiger partial charge on any atom is -0.508 e. The van der Waals surface area contributed by atoms with Crippen molar-refractivity contribution < 1.29 is 9.84 Å². The first kappa shape index (κ1) is 21.6. The van der Waals surface area contributed by atoms with Gasteiger partial charge in [-0.2, -0.15) is 0 Å². The molecule has 1 aliphatic carbocycles. The van der Waals surface area contributed by atoms with Crippen LogP contribution in [0.1, 0.15) is 29.5 Å². The molecule has 0 amide bonds. The number of piperidine rings is 1. The second kappa shape index (κ2) is 10.1. The average molecular weight is 429 g/mol. The molecule has 2 aliphatic rings. The molecule has 4 nitrogen and oxygen atoms in total. The third kappa shape index (κ3) is 5.36. The van der Waals surface area contributed by atoms with Crippen LogP contribution < -0.4 is 0 Å². The Morgan fingerprint density at radius 3 is 2.67 bits per heavy atom. The third-order valence-corrected chi connectivity index (χ3v) is 6.89. The number of rotatable bonds is 8. The smallest absolute Gasteiger partial charge is 0.120 e. The molecule has 1 aliphatic heterocycles. The highest BCUT2D eigenvalue weighted by molar-refractivity contribution is 6.30. The van der Waals surface area contributed by atoms with Gasteiger partial charge >= 0.3 is 0 Å². The third-order valence-electron chi connectivity index (χ3n) is 6.66. The summed E-state index contributed by atoms with van der Waals surface area (Å²) in [7, 11) is 1.75. The van der Waals surface area contributed by atoms with Crippen LogP contribution >= 0.6 is 11.6 Å². The maximum absolute atomic E-state index is 10.3. The van der Waals surface area contributed by atoms with Gasteiger partial charge in [0.25, 0.3) is 0 Å². The molecule has 0 bridgehead atoms. The van der Waals surface area contributed by atoms with Crippen molar-refractivity contribution in [2.75, 3.05) is 39.9 Å². The molecule has 1 heterocycles. The number of likely N-dealkylation sites (tertiary alicyclic amines) is 1. The molecule has 2 aromatic carbocycles. The lowest BCUT2D eigenvalue weighted by Gasteiger charge is -2.39. The zero-order valence-electron chi connectivity index (χ0n) is 17.9. The highest BCUT2D eigenvalue weighted by Gasteiger charge is 2.31. The summed E-state index contributed by atoms with van der Waals surface area (Å²) in [5, 5.41) is 10.9. The van der Waals surface area contributed by atoms with Gasteiger partial charge in [-0.1, -0.05) is 35.9 Å². The number of hydrogen-bond donors (Lipinski definition) is 1. The molecule has 1 fully saturated rings. The summed E-state index contributed by atoms with van der Waals surface area (Å²) in [5.74, 6) is 0.955. The summed E-state index contributed by atoms with van der Waals surface area (Å²) in [6.07, 6.45) is 4.90. The van der Waals surface area contributed by atoms with Crippen LogP contribution in [0.2, 0.25) is 5.02 Å². The van der Waals surface area contributed by atoms with Crippen LogP contribution in [0, 0.1) is 5.92 Å². The van der Waals surface area contributed by atoms with Crippen molar-refractivity contribution >= 4 is 11.6 Å². The molecule has 0 spiro atoms. The van der Waals surface area contributed by atoms with Crippen LogP contribution in [0.5, 0.6) is 5.75 Å². The molecule has 0 radical (unpaired) electrons. The van der Waals surface area contributed by atoms with Crippen molar-refractivity contribution in [1.29, 1.82) is 0 Å². The number of nitrogens with zero attached hydrogens (tertiary/aromatic N) is 2. The first-order valence-corrected chi connectivity index (χ1v) is 11.5. The van der Waals surface area contributed by atoms with E-state index < -0.39 is 0 Å². The van der Waals surface area contributed by atoms with E-state index in [1.54, 1.807) is 19.2 Å². The predicted molar refractivity (Wildman–Crippen MR) is 122 cm³/mol. The summed E-state index contributed by atoms with van der Waals surface area (Å²) in [6.45, 7) is 5.63. The molecule has 5 heteroatoms. The van der Waals surface area contributed by atoms with E-state index in [1.165, 1.54) is 43.4 Å². The fraction of sp³-hybridized carbons (Fsp3) is 0.520. The Kier molecular flexibility index (Phi) is 7.32. The molecular weight excluding hydrogens is 396 g/mol. The molecule has 162 valence electrons. The van der Waals surface area contributed by atoms with Gasteiger partial charge in [0.2, 0.25) is 0 Å². The van der Waals surface area contributed by atoms with Crippen LogP contribution in [0.15, 0.2) is 42.5 Å². The first-order valence-electron chi connectivity index (χ1n) is 11.1. The second-order valence-electron chi connectivity index (χ2n) is 8.83. The van der Waals surface area contributed by atoms with E-state index in [0.717, 1.165) is 25.2 Å². The number of phenolic OH excluding ortho intramolecular Hbond substituents is 1. The van der Waals surface area contributed by atoms with Crippen molar-refractivity contribution in [1.82, 2.24) is 9.80 Å². The summed E-state index contributed by atoms with van der Waals surface area (Å²) < 4.78 is 5.35. The molecule has 0 saturated carbocycles. The largest absolute Gasteiger partial charge is 0.508 e. The summed E-state index contributed by atoms with van der Waals surface area (Å²) in [6, 6.07) is 14.9. The van der Waals surface area contributed by atoms with Crippen LogP contribution in [0.3, 0.4) is 0 Å². The molecule has 30 heavy (non-hydrogen) atoms. The average Bonchev–Trinajstić information content (AvgIpc) is 3.19. The topological polar surface area (TPSA) is 35.9 Å². The Morgan fingerprint density at radius 1 is 1.17 bits per heavy atom. The maximum Gasteiger partial charge on any atom is 0.120 e. The van der Waals surface area contributed by atoms with E-state index in [9.17, 15) is 5.11 Å². The molecule has 4 rings (SSSR count). The molecule has 2 aromatic rings. The quantitative estimate of drug-likeness (QED) is 0.677. The number of fused-ring (bicyclic) bond motifs is 1. The van der Waals surface area contributed by atoms with Gasteiger partial charge in [-0.3, -0.25) is 9.80 Å². The zero-order chi connectivity index (χ0) is 20.9. The second-order valence-corrected chi connectivity index (χ2v) is 9.27. The van der Waals surface area contributed by atoms with Crippen molar-refractivity contribution in [2.45, 2.75) is 38.3 Å². The number of benzene rings is 2. The number of methoxy groups -OCH3 is 1. The number of halogens is 1. The van der Waals surface area contributed by atoms with Crippen molar-refractivity contribution in [3.8, 4) is 5.75 Å². The van der Waals surface area contributed by atoms with Gasteiger partial charge in [-0.25, -0.2) is 0 Å². The maximum atomic E-state index is 10.3. The first-order chi connectivity index (χ1) is 14.6. The number of ether oxygens (including phenoxy) is 1. The van der Waals surface area contributed by atoms with Crippen molar-refractivity contribution in [3.63, 3.8) is 0 Å². The Bertz CT molecular complexity index is 819. The predicted octanol–water partition coefficient (Wildman–Crippen LogP) is 4.37. The van der Waals surface area contributed by atoms with Gasteiger partial charge in [-0.15, -0.1) is 0 Å². The van der Waals surface area contributed by atoms with Crippen molar-refractivity contribution in [3.05, 3.63) is 64.2 Å². The molecule has 0 unspecified atom stereocenters. The van der Waals surface area contributed by atoms with Gasteiger partial charge < -0.3 is 9.84 Å². The molecule has 1 N–H and O–H groups in total. The summed E-state index contributed by atoms with van der Waals surface area (Å²) in [5.41, 5.74) is 3.95. The SMILES string of the molecule is COCCN(Cc1cc(Cl)ccc1O)C[C@@H]1CCCN(C2Cc3ccccc3C2)C1. The number of aromatic hydroxyl groups is 1. The van der Waals surface area contributed by atoms with Crippen LogP contribution in [-0.2, 0) is 24.1 Å². The van der Waals surface area contributed by atoms with Gasteiger partial charge in [0.05, 0.1) is 6.61 Å². The van der Waals surface area contributed by atoms with E-state index in [1.807, 2.05) is 6.07 Å². The summed E-state index contributed by atoms with van der Waals surface area (Å²) >= 11 is 6.17. The minimum absolute atomic E-state index is 0.316. The Labute approximate surface area is 185 Å². The van der Waals surface area contributed by atoms with E-state index in [2.05, 4.69) is 34.1 Å². The van der Waals surface area contributed by atoms with E-state index >= 15 is 0 Å². The Morgan fingerprint density at radius 2 is 1.93 bits per heavy atom. The minimum atomic E-state index is 0.316. The van der Waals surface area contributed by atoms with E-state index in [0.29, 0.717) is 35.9 Å². The molecular formula is C25H33ClN2O2. The number of phenols is 1. The summed E-state index contributed by atoms with van der Waals surface area (Å²) in [4.78, 5) is 5.13. The van der Waals surface area contributed by atoms with Crippen LogP contribution in [-0.4, -0.2) is 60.8 Å². The molecule has 0 aromatic heterocycles. The standard InChI is InChI=1S/C25H33ClN2O2/c1-30-12-11-27(18-22-13-23(26)8-9-25(22)29)16-19-5-4-10-28(17-19)24-14-20-6-2-3-7-21(20)15-24/h2-3,6-9,13,19,24,29H,4-5,10-12,14-18H2,1H3/t19-/m0/s1. The van der Waals surface area contributed by atoms with Gasteiger partial charge in [0.1, 0.15) is 5.75 Å².